The van der Waals surface area contributed by atoms with Crippen molar-refractivity contribution >= 4 is 32.2 Å². The molecule has 1 aromatic carbocycles. The summed E-state index contributed by atoms with van der Waals surface area (Å²) in [6.07, 6.45) is 4.00. The minimum Gasteiger partial charge on any atom is -0.432 e. The minimum atomic E-state index is -3.11. The van der Waals surface area contributed by atoms with Gasteiger partial charge in [-0.1, -0.05) is 0 Å². The first-order valence-corrected chi connectivity index (χ1v) is 14.5. The fraction of sp³-hybridized carbons (Fsp3) is 0.360. The van der Waals surface area contributed by atoms with Crippen molar-refractivity contribution in [3.8, 4) is 22.8 Å². The molecular weight excluding hydrogens is 525 g/mol. The largest absolute Gasteiger partial charge is 0.432 e. The van der Waals surface area contributed by atoms with Crippen molar-refractivity contribution in [3.05, 3.63) is 58.8 Å². The van der Waals surface area contributed by atoms with Gasteiger partial charge in [0.25, 0.3) is 0 Å². The van der Waals surface area contributed by atoms with Crippen LogP contribution in [0.3, 0.4) is 0 Å². The molecule has 0 bridgehead atoms. The predicted octanol–water partition coefficient (Wildman–Crippen LogP) is 4.94. The Hall–Kier alpha value is -2.96. The van der Waals surface area contributed by atoms with Crippen LogP contribution in [0.1, 0.15) is 18.4 Å². The zero-order chi connectivity index (χ0) is 26.2. The Morgan fingerprint density at radius 2 is 2.00 bits per heavy atom. The van der Waals surface area contributed by atoms with Crippen molar-refractivity contribution < 1.29 is 26.3 Å². The second-order valence-corrected chi connectivity index (χ2v) is 12.1. The molecule has 0 radical (unpaired) electrons. The molecule has 37 heavy (non-hydrogen) atoms. The van der Waals surface area contributed by atoms with Gasteiger partial charge in [0, 0.05) is 35.1 Å². The number of benzene rings is 1. The van der Waals surface area contributed by atoms with E-state index in [1.165, 1.54) is 23.5 Å². The molecule has 0 saturated carbocycles. The Kier molecular flexibility index (Phi) is 7.24. The van der Waals surface area contributed by atoms with Gasteiger partial charge in [0.05, 0.1) is 22.7 Å². The number of hydrogen-bond donors (Lipinski definition) is 0. The maximum absolute atomic E-state index is 14.4. The van der Waals surface area contributed by atoms with Crippen molar-refractivity contribution in [2.24, 2.45) is 0 Å². The van der Waals surface area contributed by atoms with E-state index in [0.29, 0.717) is 35.6 Å². The summed E-state index contributed by atoms with van der Waals surface area (Å²) in [7, 11) is -0.890. The second kappa shape index (κ2) is 10.4. The number of sulfone groups is 1. The third-order valence-electron chi connectivity index (χ3n) is 6.73. The number of alkyl halides is 2. The molecule has 5 rings (SSSR count). The van der Waals surface area contributed by atoms with Gasteiger partial charge in [0.2, 0.25) is 0 Å². The first-order chi connectivity index (χ1) is 17.7. The number of thiazole rings is 1. The lowest BCUT2D eigenvalue weighted by atomic mass is 10.1. The normalized spacial score (nSPS) is 16.2. The Labute approximate surface area is 216 Å². The van der Waals surface area contributed by atoms with E-state index < -0.39 is 28.0 Å². The Balaban J connectivity index is 1.43. The molecule has 7 nitrogen and oxygen atoms in total. The highest BCUT2D eigenvalue weighted by molar-refractivity contribution is 7.91. The van der Waals surface area contributed by atoms with Crippen LogP contribution in [0, 0.1) is 5.82 Å². The number of ether oxygens (including phenoxy) is 1. The molecule has 0 unspecified atom stereocenters. The van der Waals surface area contributed by atoms with Crippen molar-refractivity contribution in [2.45, 2.75) is 31.9 Å². The number of hydrogen-bond acceptors (Lipinski definition) is 7. The molecule has 4 heterocycles. The van der Waals surface area contributed by atoms with Crippen molar-refractivity contribution in [2.75, 3.05) is 25.1 Å². The number of rotatable bonds is 8. The molecule has 0 aliphatic carbocycles. The third kappa shape index (κ3) is 5.65. The highest BCUT2D eigenvalue weighted by atomic mass is 32.2. The molecular formula is C25H25F3N4O3S2. The third-order valence-corrected chi connectivity index (χ3v) is 9.01. The molecule has 12 heteroatoms. The standard InChI is InChI=1S/C25H25F3N4O3S2/c1-31(18-7-10-37(33,34)11-8-18)9-6-17-13-32(23-14-36-15-29-23)24-19(17)3-4-21(30-24)16-2-5-22(20(26)12-16)35-25(27)28/h2-5,12-15,18,25H,6-11H2,1H3. The molecule has 1 aliphatic rings. The lowest BCUT2D eigenvalue weighted by molar-refractivity contribution is -0.0521. The quantitative estimate of drug-likeness (QED) is 0.309. The molecule has 196 valence electrons. The minimum absolute atomic E-state index is 0.229. The van der Waals surface area contributed by atoms with E-state index in [1.54, 1.807) is 11.6 Å². The SMILES string of the molecule is CN(CCc1cn(-c2cscn2)c2nc(-c3ccc(OC(F)F)c(F)c3)ccc12)C1CCS(=O)(=O)CC1. The van der Waals surface area contributed by atoms with E-state index in [-0.39, 0.29) is 17.5 Å². The fourth-order valence-electron chi connectivity index (χ4n) is 4.68. The number of aromatic nitrogens is 3. The van der Waals surface area contributed by atoms with Gasteiger partial charge in [-0.05, 0) is 62.2 Å². The maximum atomic E-state index is 14.4. The van der Waals surface area contributed by atoms with E-state index in [0.717, 1.165) is 30.0 Å². The van der Waals surface area contributed by atoms with Crippen molar-refractivity contribution in [1.82, 2.24) is 19.4 Å². The van der Waals surface area contributed by atoms with Crippen LogP contribution in [0.25, 0.3) is 28.1 Å². The summed E-state index contributed by atoms with van der Waals surface area (Å²) in [5.41, 5.74) is 4.35. The summed E-state index contributed by atoms with van der Waals surface area (Å²) in [4.78, 5) is 11.4. The summed E-state index contributed by atoms with van der Waals surface area (Å²) < 4.78 is 69.0. The highest BCUT2D eigenvalue weighted by Gasteiger charge is 2.26. The van der Waals surface area contributed by atoms with Crippen LogP contribution in [0.5, 0.6) is 5.75 Å². The Morgan fingerprint density at radius 1 is 1.22 bits per heavy atom. The molecule has 1 aliphatic heterocycles. The molecule has 1 saturated heterocycles. The number of nitrogens with zero attached hydrogens (tertiary/aromatic N) is 4. The summed E-state index contributed by atoms with van der Waals surface area (Å²) >= 11 is 1.46. The predicted molar refractivity (Wildman–Crippen MR) is 137 cm³/mol. The summed E-state index contributed by atoms with van der Waals surface area (Å²) in [5.74, 6) is -0.244. The smallest absolute Gasteiger partial charge is 0.387 e. The zero-order valence-corrected chi connectivity index (χ0v) is 21.6. The molecule has 4 aromatic rings. The summed E-state index contributed by atoms with van der Waals surface area (Å²) in [5, 5.41) is 2.83. The van der Waals surface area contributed by atoms with E-state index in [9.17, 15) is 21.6 Å². The molecule has 0 spiro atoms. The summed E-state index contributed by atoms with van der Waals surface area (Å²) in [6.45, 7) is -2.36. The van der Waals surface area contributed by atoms with Gasteiger partial charge in [-0.3, -0.25) is 4.57 Å². The van der Waals surface area contributed by atoms with Crippen molar-refractivity contribution in [3.63, 3.8) is 0 Å². The number of halogens is 3. The van der Waals surface area contributed by atoms with Crippen LogP contribution < -0.4 is 4.74 Å². The number of likely N-dealkylation sites (N-methyl/N-ethyl adjacent to an activating group) is 1. The van der Waals surface area contributed by atoms with E-state index in [1.807, 2.05) is 29.3 Å². The fourth-order valence-corrected chi connectivity index (χ4v) is 6.67. The van der Waals surface area contributed by atoms with E-state index in [4.69, 9.17) is 4.98 Å². The lowest BCUT2D eigenvalue weighted by Gasteiger charge is -2.31. The van der Waals surface area contributed by atoms with Gasteiger partial charge in [0.1, 0.15) is 21.3 Å². The van der Waals surface area contributed by atoms with Gasteiger partial charge in [-0.25, -0.2) is 22.8 Å². The van der Waals surface area contributed by atoms with Gasteiger partial charge >= 0.3 is 6.61 Å². The van der Waals surface area contributed by atoms with Crippen LogP contribution in [0.2, 0.25) is 0 Å². The van der Waals surface area contributed by atoms with Crippen LogP contribution >= 0.6 is 11.3 Å². The van der Waals surface area contributed by atoms with Crippen LogP contribution in [0.4, 0.5) is 13.2 Å². The van der Waals surface area contributed by atoms with Gasteiger partial charge in [0.15, 0.2) is 11.6 Å². The Bertz CT molecular complexity index is 1490. The zero-order valence-electron chi connectivity index (χ0n) is 20.0. The molecule has 3 aromatic heterocycles. The van der Waals surface area contributed by atoms with Gasteiger partial charge in [-0.2, -0.15) is 8.78 Å². The van der Waals surface area contributed by atoms with Crippen molar-refractivity contribution in [1.29, 1.82) is 0 Å². The first-order valence-electron chi connectivity index (χ1n) is 11.7. The monoisotopic (exact) mass is 550 g/mol. The molecule has 0 N–H and O–H groups in total. The van der Waals surface area contributed by atoms with Gasteiger partial charge in [-0.15, -0.1) is 11.3 Å². The van der Waals surface area contributed by atoms with Crippen LogP contribution in [0.15, 0.2) is 47.4 Å². The topological polar surface area (TPSA) is 77.3 Å². The number of pyridine rings is 1. The van der Waals surface area contributed by atoms with E-state index in [2.05, 4.69) is 14.6 Å². The average molecular weight is 551 g/mol. The molecule has 1 fully saturated rings. The van der Waals surface area contributed by atoms with Crippen LogP contribution in [-0.2, 0) is 16.3 Å². The van der Waals surface area contributed by atoms with Crippen LogP contribution in [-0.4, -0.2) is 65.6 Å². The second-order valence-electron chi connectivity index (χ2n) is 9.08. The lowest BCUT2D eigenvalue weighted by Crippen LogP contribution is -2.39. The van der Waals surface area contributed by atoms with Gasteiger partial charge < -0.3 is 9.64 Å². The number of fused-ring (bicyclic) bond motifs is 1. The summed E-state index contributed by atoms with van der Waals surface area (Å²) in [6, 6.07) is 7.71. The molecule has 0 atom stereocenters. The average Bonchev–Trinajstić information content (AvgIpc) is 3.51. The Morgan fingerprint density at radius 3 is 2.68 bits per heavy atom. The molecule has 0 amide bonds. The maximum Gasteiger partial charge on any atom is 0.387 e. The van der Waals surface area contributed by atoms with E-state index >= 15 is 0 Å². The highest BCUT2D eigenvalue weighted by Crippen LogP contribution is 2.30. The first kappa shape index (κ1) is 25.7.